The molecule has 4 unspecified atom stereocenters. The van der Waals surface area contributed by atoms with Crippen molar-refractivity contribution in [3.63, 3.8) is 0 Å². The van der Waals surface area contributed by atoms with E-state index in [4.69, 9.17) is 4.74 Å². The summed E-state index contributed by atoms with van der Waals surface area (Å²) in [4.78, 5) is 15.1. The monoisotopic (exact) mass is 466 g/mol. The molecule has 0 aliphatic carbocycles. The summed E-state index contributed by atoms with van der Waals surface area (Å²) < 4.78 is 34.0. The van der Waals surface area contributed by atoms with Crippen LogP contribution in [0.2, 0.25) is 0 Å². The number of hydrazine groups is 1. The third-order valence-electron chi connectivity index (χ3n) is 6.44. The zero-order chi connectivity index (χ0) is 22.9. The number of hydrogen-bond acceptors (Lipinski definition) is 8. The zero-order valence-corrected chi connectivity index (χ0v) is 19.7. The molecule has 3 heterocycles. The minimum absolute atomic E-state index is 0.103. The number of amides is 1. The molecule has 1 aromatic rings. The van der Waals surface area contributed by atoms with Crippen LogP contribution >= 0.6 is 0 Å². The molecule has 0 aromatic heterocycles. The van der Waals surface area contributed by atoms with Crippen LogP contribution in [0.25, 0.3) is 0 Å². The average molecular weight is 467 g/mol. The summed E-state index contributed by atoms with van der Waals surface area (Å²) in [5.41, 5.74) is 6.91. The van der Waals surface area contributed by atoms with Crippen molar-refractivity contribution < 1.29 is 17.9 Å². The first kappa shape index (κ1) is 23.4. The summed E-state index contributed by atoms with van der Waals surface area (Å²) >= 11 is 0. The highest BCUT2D eigenvalue weighted by atomic mass is 32.2. The highest BCUT2D eigenvalue weighted by Crippen LogP contribution is 2.31. The number of sulfonamides is 1. The van der Waals surface area contributed by atoms with Gasteiger partial charge in [-0.3, -0.25) is 15.5 Å². The lowest BCUT2D eigenvalue weighted by Gasteiger charge is -2.36. The number of fused-ring (bicyclic) bond motifs is 1. The highest BCUT2D eigenvalue weighted by molar-refractivity contribution is 7.89. The third kappa shape index (κ3) is 4.50. The maximum absolute atomic E-state index is 13.3. The summed E-state index contributed by atoms with van der Waals surface area (Å²) in [7, 11) is -1.65. The van der Waals surface area contributed by atoms with Gasteiger partial charge in [-0.2, -0.15) is 4.31 Å². The van der Waals surface area contributed by atoms with Crippen LogP contribution in [0.1, 0.15) is 38.4 Å². The van der Waals surface area contributed by atoms with Gasteiger partial charge in [-0.05, 0) is 38.6 Å². The van der Waals surface area contributed by atoms with E-state index in [2.05, 4.69) is 33.3 Å². The van der Waals surface area contributed by atoms with E-state index >= 15 is 0 Å². The van der Waals surface area contributed by atoms with E-state index in [0.29, 0.717) is 44.1 Å². The number of nitrogens with zero attached hydrogens (tertiary/aromatic N) is 2. The molecule has 0 radical (unpaired) electrons. The van der Waals surface area contributed by atoms with Gasteiger partial charge in [0.1, 0.15) is 18.0 Å². The van der Waals surface area contributed by atoms with E-state index in [1.807, 2.05) is 14.0 Å². The SMILES string of the molecule is CCCC1NNC2C(=O)NC(c3cc(S(=O)(=O)N4CCN(C)CC4)ccc3OCC)NC12. The molecule has 178 valence electrons. The molecule has 3 saturated heterocycles. The first-order valence-corrected chi connectivity index (χ1v) is 12.8. The van der Waals surface area contributed by atoms with Crippen molar-refractivity contribution in [3.05, 3.63) is 23.8 Å². The number of ether oxygens (including phenoxy) is 1. The molecule has 3 fully saturated rings. The van der Waals surface area contributed by atoms with Gasteiger partial charge in [-0.15, -0.1) is 0 Å². The van der Waals surface area contributed by atoms with Crippen molar-refractivity contribution >= 4 is 15.9 Å². The van der Waals surface area contributed by atoms with Gasteiger partial charge in [0.2, 0.25) is 15.9 Å². The van der Waals surface area contributed by atoms with Crippen LogP contribution in [0.3, 0.4) is 0 Å². The molecule has 1 amide bonds. The topological polar surface area (TPSA) is 115 Å². The van der Waals surface area contributed by atoms with E-state index in [9.17, 15) is 13.2 Å². The third-order valence-corrected chi connectivity index (χ3v) is 8.33. The quantitative estimate of drug-likeness (QED) is 0.435. The van der Waals surface area contributed by atoms with Crippen LogP contribution < -0.4 is 26.2 Å². The number of benzene rings is 1. The molecule has 4 N–H and O–H groups in total. The minimum atomic E-state index is -3.64. The number of rotatable bonds is 7. The Morgan fingerprint density at radius 3 is 2.56 bits per heavy atom. The summed E-state index contributed by atoms with van der Waals surface area (Å²) in [5, 5.41) is 6.49. The molecule has 4 atom stereocenters. The van der Waals surface area contributed by atoms with Gasteiger partial charge in [0.05, 0.1) is 17.5 Å². The Labute approximate surface area is 190 Å². The van der Waals surface area contributed by atoms with E-state index in [1.165, 1.54) is 4.31 Å². The molecule has 10 nitrogen and oxygen atoms in total. The van der Waals surface area contributed by atoms with Crippen molar-refractivity contribution in [2.75, 3.05) is 39.8 Å². The van der Waals surface area contributed by atoms with Gasteiger partial charge in [0.15, 0.2) is 0 Å². The van der Waals surface area contributed by atoms with Crippen molar-refractivity contribution in [2.45, 2.75) is 55.9 Å². The Morgan fingerprint density at radius 1 is 1.12 bits per heavy atom. The Bertz CT molecular complexity index is 934. The van der Waals surface area contributed by atoms with Gasteiger partial charge in [-0.25, -0.2) is 13.8 Å². The van der Waals surface area contributed by atoms with Crippen molar-refractivity contribution in [3.8, 4) is 5.75 Å². The second kappa shape index (κ2) is 9.62. The molecular weight excluding hydrogens is 432 g/mol. The maximum atomic E-state index is 13.3. The molecule has 0 spiro atoms. The van der Waals surface area contributed by atoms with E-state index in [-0.39, 0.29) is 28.9 Å². The van der Waals surface area contributed by atoms with Gasteiger partial charge in [0.25, 0.3) is 0 Å². The number of nitrogens with one attached hydrogen (secondary N) is 4. The fraction of sp³-hybridized carbons (Fsp3) is 0.667. The van der Waals surface area contributed by atoms with Crippen LogP contribution in [0, 0.1) is 0 Å². The summed E-state index contributed by atoms with van der Waals surface area (Å²) in [5.74, 6) is 0.437. The normalized spacial score (nSPS) is 29.5. The number of hydrogen-bond donors (Lipinski definition) is 4. The molecule has 4 rings (SSSR count). The molecule has 32 heavy (non-hydrogen) atoms. The lowest BCUT2D eigenvalue weighted by Crippen LogP contribution is -2.62. The molecule has 1 aromatic carbocycles. The Balaban J connectivity index is 1.64. The van der Waals surface area contributed by atoms with Crippen molar-refractivity contribution in [1.29, 1.82) is 0 Å². The molecule has 0 bridgehead atoms. The van der Waals surface area contributed by atoms with Gasteiger partial charge >= 0.3 is 0 Å². The molecule has 3 aliphatic heterocycles. The first-order valence-electron chi connectivity index (χ1n) is 11.4. The van der Waals surface area contributed by atoms with Crippen LogP contribution in [0.5, 0.6) is 5.75 Å². The summed E-state index contributed by atoms with van der Waals surface area (Å²) in [6, 6.07) is 4.54. The zero-order valence-electron chi connectivity index (χ0n) is 18.9. The lowest BCUT2D eigenvalue weighted by atomic mass is 9.95. The predicted octanol–water partition coefficient (Wildman–Crippen LogP) is -0.247. The number of carbonyl (C=O) groups excluding carboxylic acids is 1. The Morgan fingerprint density at radius 2 is 1.88 bits per heavy atom. The first-order chi connectivity index (χ1) is 15.3. The van der Waals surface area contributed by atoms with Crippen LogP contribution in [-0.4, -0.2) is 81.5 Å². The summed E-state index contributed by atoms with van der Waals surface area (Å²) in [6.45, 7) is 6.74. The van der Waals surface area contributed by atoms with Gasteiger partial charge < -0.3 is 15.0 Å². The fourth-order valence-electron chi connectivity index (χ4n) is 4.62. The lowest BCUT2D eigenvalue weighted by molar-refractivity contribution is -0.126. The maximum Gasteiger partial charge on any atom is 0.243 e. The fourth-order valence-corrected chi connectivity index (χ4v) is 6.08. The standard InChI is InChI=1S/C21H34N6O4S/c1-4-6-16-18-19(25-24-16)21(28)23-20(22-18)15-13-14(7-8-17(15)31-5-2)32(29,30)27-11-9-26(3)10-12-27/h7-8,13,16,18-20,22,24-25H,4-6,9-12H2,1-3H3,(H,23,28). The van der Waals surface area contributed by atoms with E-state index in [1.54, 1.807) is 18.2 Å². The molecule has 0 saturated carbocycles. The minimum Gasteiger partial charge on any atom is -0.493 e. The largest absolute Gasteiger partial charge is 0.493 e. The molecule has 3 aliphatic rings. The highest BCUT2D eigenvalue weighted by Gasteiger charge is 2.45. The van der Waals surface area contributed by atoms with Crippen LogP contribution in [0.4, 0.5) is 0 Å². The predicted molar refractivity (Wildman–Crippen MR) is 120 cm³/mol. The van der Waals surface area contributed by atoms with Gasteiger partial charge in [-0.1, -0.05) is 13.3 Å². The van der Waals surface area contributed by atoms with Crippen LogP contribution in [-0.2, 0) is 14.8 Å². The molecule has 11 heteroatoms. The molecular formula is C21H34N6O4S. The second-order valence-corrected chi connectivity index (χ2v) is 10.6. The Kier molecular flexibility index (Phi) is 7.03. The average Bonchev–Trinajstić information content (AvgIpc) is 3.18. The van der Waals surface area contributed by atoms with Crippen molar-refractivity contribution in [2.24, 2.45) is 0 Å². The van der Waals surface area contributed by atoms with Crippen LogP contribution in [0.15, 0.2) is 23.1 Å². The summed E-state index contributed by atoms with van der Waals surface area (Å²) in [6.07, 6.45) is 1.35. The van der Waals surface area contributed by atoms with Gasteiger partial charge in [0, 0.05) is 37.8 Å². The number of piperazine rings is 1. The Hall–Kier alpha value is -1.76. The van der Waals surface area contributed by atoms with Crippen molar-refractivity contribution in [1.82, 2.24) is 30.7 Å². The van der Waals surface area contributed by atoms with E-state index in [0.717, 1.165) is 12.8 Å². The number of carbonyl (C=O) groups is 1. The second-order valence-electron chi connectivity index (χ2n) is 8.64. The smallest absolute Gasteiger partial charge is 0.243 e. The van der Waals surface area contributed by atoms with E-state index < -0.39 is 16.2 Å². The number of likely N-dealkylation sites (N-methyl/N-ethyl adjacent to an activating group) is 1.